The van der Waals surface area contributed by atoms with Crippen LogP contribution >= 0.6 is 0 Å². The molecule has 1 aromatic heterocycles. The molecule has 4 nitrogen and oxygen atoms in total. The van der Waals surface area contributed by atoms with Crippen molar-refractivity contribution in [3.63, 3.8) is 0 Å². The van der Waals surface area contributed by atoms with Gasteiger partial charge >= 0.3 is 0 Å². The van der Waals surface area contributed by atoms with Gasteiger partial charge in [0.2, 0.25) is 0 Å². The topological polar surface area (TPSA) is 44.8 Å². The minimum atomic E-state index is 0.452. The third kappa shape index (κ3) is 3.03. The molecule has 1 unspecified atom stereocenters. The van der Waals surface area contributed by atoms with Crippen molar-refractivity contribution >= 4 is 0 Å². The first kappa shape index (κ1) is 14.2. The lowest BCUT2D eigenvalue weighted by Crippen LogP contribution is -2.19. The van der Waals surface area contributed by atoms with E-state index in [1.807, 2.05) is 18.2 Å². The highest BCUT2D eigenvalue weighted by molar-refractivity contribution is 5.61. The van der Waals surface area contributed by atoms with E-state index in [2.05, 4.69) is 62.8 Å². The van der Waals surface area contributed by atoms with Crippen LogP contribution in [0.5, 0.6) is 0 Å². The number of rotatable bonds is 4. The van der Waals surface area contributed by atoms with E-state index >= 15 is 0 Å². The van der Waals surface area contributed by atoms with Gasteiger partial charge in [-0.25, -0.2) is 0 Å². The first-order valence-electron chi connectivity index (χ1n) is 8.12. The molecule has 2 heterocycles. The van der Waals surface area contributed by atoms with Crippen LogP contribution in [0.15, 0.2) is 60.7 Å². The highest BCUT2D eigenvalue weighted by Crippen LogP contribution is 2.32. The second-order valence-electron chi connectivity index (χ2n) is 6.13. The van der Waals surface area contributed by atoms with Gasteiger partial charge < -0.3 is 0 Å². The van der Waals surface area contributed by atoms with Crippen molar-refractivity contribution in [1.29, 1.82) is 0 Å². The summed E-state index contributed by atoms with van der Waals surface area (Å²) in [6.07, 6.45) is 1.14. The summed E-state index contributed by atoms with van der Waals surface area (Å²) in [5.41, 5.74) is 4.61. The number of nitrogens with one attached hydrogen (secondary N) is 1. The minimum absolute atomic E-state index is 0.452. The molecular weight excluding hydrogens is 284 g/mol. The average Bonchev–Trinajstić information content (AvgIpc) is 3.25. The highest BCUT2D eigenvalue weighted by atomic mass is 15.3. The molecular formula is C19H20N4. The predicted molar refractivity (Wildman–Crippen MR) is 90.9 cm³/mol. The Bertz CT molecular complexity index is 751. The van der Waals surface area contributed by atoms with Crippen molar-refractivity contribution in [2.45, 2.75) is 18.9 Å². The highest BCUT2D eigenvalue weighted by Gasteiger charge is 2.28. The Morgan fingerprint density at radius 1 is 0.957 bits per heavy atom. The third-order valence-corrected chi connectivity index (χ3v) is 4.53. The quantitative estimate of drug-likeness (QED) is 0.803. The third-order valence-electron chi connectivity index (χ3n) is 4.53. The number of aromatic amines is 1. The van der Waals surface area contributed by atoms with Gasteiger partial charge in [-0.2, -0.15) is 15.4 Å². The molecule has 4 rings (SSSR count). The van der Waals surface area contributed by atoms with Gasteiger partial charge in [0.25, 0.3) is 0 Å². The molecule has 1 aliphatic heterocycles. The summed E-state index contributed by atoms with van der Waals surface area (Å²) in [5, 5.41) is 11.7. The van der Waals surface area contributed by atoms with Crippen LogP contribution in [0.4, 0.5) is 0 Å². The molecule has 1 N–H and O–H groups in total. The largest absolute Gasteiger partial charge is 0.298 e. The van der Waals surface area contributed by atoms with Crippen LogP contribution in [0.1, 0.15) is 23.6 Å². The lowest BCUT2D eigenvalue weighted by atomic mass is 9.99. The van der Waals surface area contributed by atoms with Crippen LogP contribution in [0, 0.1) is 0 Å². The lowest BCUT2D eigenvalue weighted by Gasteiger charge is -2.15. The molecule has 0 spiro atoms. The van der Waals surface area contributed by atoms with Gasteiger partial charge in [0.15, 0.2) is 0 Å². The van der Waals surface area contributed by atoms with E-state index in [0.717, 1.165) is 43.0 Å². The number of hydrogen-bond acceptors (Lipinski definition) is 3. The molecule has 0 aliphatic carbocycles. The minimum Gasteiger partial charge on any atom is -0.298 e. The number of benzene rings is 2. The Kier molecular flexibility index (Phi) is 3.90. The van der Waals surface area contributed by atoms with Crippen LogP contribution in [-0.2, 0) is 6.54 Å². The zero-order chi connectivity index (χ0) is 15.5. The average molecular weight is 304 g/mol. The molecule has 0 amide bonds. The second-order valence-corrected chi connectivity index (χ2v) is 6.13. The van der Waals surface area contributed by atoms with E-state index < -0.39 is 0 Å². The summed E-state index contributed by atoms with van der Waals surface area (Å²) in [4.78, 5) is 2.50. The van der Waals surface area contributed by atoms with Gasteiger partial charge in [0.1, 0.15) is 5.69 Å². The Morgan fingerprint density at radius 3 is 2.48 bits per heavy atom. The molecule has 1 saturated heterocycles. The first-order chi connectivity index (χ1) is 11.4. The molecule has 1 fully saturated rings. The van der Waals surface area contributed by atoms with E-state index in [9.17, 15) is 0 Å². The maximum absolute atomic E-state index is 4.45. The predicted octanol–water partition coefficient (Wildman–Crippen LogP) is 3.46. The van der Waals surface area contributed by atoms with Gasteiger partial charge in [-0.15, -0.1) is 0 Å². The molecule has 2 aromatic carbocycles. The summed E-state index contributed by atoms with van der Waals surface area (Å²) in [5.74, 6) is 0.452. The molecule has 1 aliphatic rings. The number of nitrogens with zero attached hydrogens (tertiary/aromatic N) is 3. The van der Waals surface area contributed by atoms with Crippen molar-refractivity contribution in [1.82, 2.24) is 20.3 Å². The monoisotopic (exact) mass is 304 g/mol. The van der Waals surface area contributed by atoms with Gasteiger partial charge in [0.05, 0.1) is 5.69 Å². The van der Waals surface area contributed by atoms with Crippen LogP contribution in [0.25, 0.3) is 11.3 Å². The van der Waals surface area contributed by atoms with E-state index in [4.69, 9.17) is 0 Å². The molecule has 3 aromatic rings. The van der Waals surface area contributed by atoms with Gasteiger partial charge in [-0.05, 0) is 18.5 Å². The molecule has 0 bridgehead atoms. The standard InChI is InChI=1S/C19H20N4/c1-3-7-15(8-4-1)13-23-12-11-17(14-23)19-18(20-22-21-19)16-9-5-2-6-10-16/h1-10,17H,11-14H2,(H,20,21,22). The Labute approximate surface area is 136 Å². The van der Waals surface area contributed by atoms with Crippen LogP contribution in [0.3, 0.4) is 0 Å². The summed E-state index contributed by atoms with van der Waals surface area (Å²) in [6.45, 7) is 3.16. The number of likely N-dealkylation sites (tertiary alicyclic amines) is 1. The van der Waals surface area contributed by atoms with Gasteiger partial charge in [-0.3, -0.25) is 4.90 Å². The van der Waals surface area contributed by atoms with E-state index in [-0.39, 0.29) is 0 Å². The fraction of sp³-hybridized carbons (Fsp3) is 0.263. The molecule has 116 valence electrons. The fourth-order valence-corrected chi connectivity index (χ4v) is 3.37. The Morgan fingerprint density at radius 2 is 1.70 bits per heavy atom. The molecule has 23 heavy (non-hydrogen) atoms. The summed E-state index contributed by atoms with van der Waals surface area (Å²) >= 11 is 0. The van der Waals surface area contributed by atoms with E-state index in [1.54, 1.807) is 0 Å². The Balaban J connectivity index is 1.50. The first-order valence-corrected chi connectivity index (χ1v) is 8.12. The van der Waals surface area contributed by atoms with Crippen molar-refractivity contribution in [2.24, 2.45) is 0 Å². The van der Waals surface area contributed by atoms with Gasteiger partial charge in [-0.1, -0.05) is 60.7 Å². The number of hydrogen-bond donors (Lipinski definition) is 1. The van der Waals surface area contributed by atoms with Crippen LogP contribution in [0.2, 0.25) is 0 Å². The maximum Gasteiger partial charge on any atom is 0.116 e. The number of H-pyrrole nitrogens is 1. The summed E-state index contributed by atoms with van der Waals surface area (Å²) in [6, 6.07) is 21.0. The van der Waals surface area contributed by atoms with Crippen molar-refractivity contribution in [2.75, 3.05) is 13.1 Å². The molecule has 1 atom stereocenters. The zero-order valence-electron chi connectivity index (χ0n) is 13.0. The fourth-order valence-electron chi connectivity index (χ4n) is 3.37. The van der Waals surface area contributed by atoms with Crippen LogP contribution in [-0.4, -0.2) is 33.4 Å². The molecule has 0 radical (unpaired) electrons. The number of aromatic nitrogens is 3. The maximum atomic E-state index is 4.45. The second kappa shape index (κ2) is 6.34. The SMILES string of the molecule is c1ccc(CN2CCC(c3n[nH]nc3-c3ccccc3)C2)cc1. The molecule has 0 saturated carbocycles. The zero-order valence-corrected chi connectivity index (χ0v) is 13.0. The smallest absolute Gasteiger partial charge is 0.116 e. The molecule has 4 heteroatoms. The summed E-state index contributed by atoms with van der Waals surface area (Å²) in [7, 11) is 0. The lowest BCUT2D eigenvalue weighted by molar-refractivity contribution is 0.326. The Hall–Kier alpha value is -2.46. The van der Waals surface area contributed by atoms with Crippen molar-refractivity contribution in [3.8, 4) is 11.3 Å². The van der Waals surface area contributed by atoms with E-state index in [0.29, 0.717) is 5.92 Å². The van der Waals surface area contributed by atoms with Crippen molar-refractivity contribution in [3.05, 3.63) is 71.9 Å². The van der Waals surface area contributed by atoms with E-state index in [1.165, 1.54) is 5.56 Å². The van der Waals surface area contributed by atoms with Crippen LogP contribution < -0.4 is 0 Å². The summed E-state index contributed by atoms with van der Waals surface area (Å²) < 4.78 is 0. The van der Waals surface area contributed by atoms with Crippen molar-refractivity contribution < 1.29 is 0 Å². The normalized spacial score (nSPS) is 18.3. The van der Waals surface area contributed by atoms with Gasteiger partial charge in [0, 0.05) is 24.6 Å².